The maximum absolute atomic E-state index is 12.2. The van der Waals surface area contributed by atoms with Crippen molar-refractivity contribution in [3.63, 3.8) is 0 Å². The van der Waals surface area contributed by atoms with E-state index in [-0.39, 0.29) is 17.7 Å². The van der Waals surface area contributed by atoms with Crippen LogP contribution in [0.25, 0.3) is 10.8 Å². The molecular weight excluding hydrogens is 332 g/mol. The number of rotatable bonds is 4. The van der Waals surface area contributed by atoms with E-state index in [1.54, 1.807) is 30.3 Å². The lowest BCUT2D eigenvalue weighted by Gasteiger charge is -2.15. The Morgan fingerprint density at radius 1 is 0.846 bits per heavy atom. The van der Waals surface area contributed by atoms with E-state index in [2.05, 4.69) is 5.43 Å². The van der Waals surface area contributed by atoms with Crippen molar-refractivity contribution in [3.8, 4) is 5.75 Å². The molecule has 3 amide bonds. The number of imide groups is 1. The van der Waals surface area contributed by atoms with Gasteiger partial charge in [0, 0.05) is 5.39 Å². The average Bonchev–Trinajstić information content (AvgIpc) is 2.91. The normalized spacial score (nSPS) is 13.0. The van der Waals surface area contributed by atoms with Gasteiger partial charge in [-0.1, -0.05) is 48.5 Å². The fraction of sp³-hybridized carbons (Fsp3) is 0.0500. The summed E-state index contributed by atoms with van der Waals surface area (Å²) in [7, 11) is 0. The van der Waals surface area contributed by atoms with Crippen LogP contribution in [0.1, 0.15) is 20.7 Å². The quantitative estimate of drug-likeness (QED) is 0.737. The molecule has 0 unspecified atom stereocenters. The van der Waals surface area contributed by atoms with E-state index in [9.17, 15) is 14.4 Å². The fourth-order valence-corrected chi connectivity index (χ4v) is 2.91. The number of hydrogen-bond acceptors (Lipinski definition) is 4. The molecule has 0 radical (unpaired) electrons. The third-order valence-corrected chi connectivity index (χ3v) is 4.14. The number of ether oxygens (including phenoxy) is 1. The molecule has 3 aromatic rings. The number of fused-ring (bicyclic) bond motifs is 2. The van der Waals surface area contributed by atoms with Crippen molar-refractivity contribution in [2.75, 3.05) is 6.61 Å². The van der Waals surface area contributed by atoms with Gasteiger partial charge in [0.1, 0.15) is 5.75 Å². The van der Waals surface area contributed by atoms with E-state index in [4.69, 9.17) is 4.74 Å². The van der Waals surface area contributed by atoms with Gasteiger partial charge in [0.15, 0.2) is 6.61 Å². The average molecular weight is 346 g/mol. The third-order valence-electron chi connectivity index (χ3n) is 4.14. The molecule has 4 rings (SSSR count). The molecule has 0 saturated carbocycles. The molecule has 128 valence electrons. The van der Waals surface area contributed by atoms with E-state index in [1.165, 1.54) is 0 Å². The topological polar surface area (TPSA) is 75.7 Å². The molecule has 1 heterocycles. The molecule has 26 heavy (non-hydrogen) atoms. The summed E-state index contributed by atoms with van der Waals surface area (Å²) in [6, 6.07) is 19.6. The lowest BCUT2D eigenvalue weighted by atomic mass is 10.1. The Morgan fingerprint density at radius 3 is 2.19 bits per heavy atom. The molecule has 0 aromatic heterocycles. The van der Waals surface area contributed by atoms with Crippen molar-refractivity contribution >= 4 is 28.5 Å². The van der Waals surface area contributed by atoms with Gasteiger partial charge in [0.2, 0.25) is 0 Å². The monoisotopic (exact) mass is 346 g/mol. The molecule has 0 saturated heterocycles. The maximum Gasteiger partial charge on any atom is 0.280 e. The molecule has 1 aliphatic heterocycles. The SMILES string of the molecule is O=C(COc1cccc2ccccc12)NN1C(=O)c2ccccc2C1=O. The lowest BCUT2D eigenvalue weighted by molar-refractivity contribution is -0.126. The van der Waals surface area contributed by atoms with Crippen LogP contribution in [0.4, 0.5) is 0 Å². The van der Waals surface area contributed by atoms with Crippen molar-refractivity contribution in [2.24, 2.45) is 0 Å². The van der Waals surface area contributed by atoms with Crippen molar-refractivity contribution < 1.29 is 19.1 Å². The molecule has 3 aromatic carbocycles. The maximum atomic E-state index is 12.2. The highest BCUT2D eigenvalue weighted by molar-refractivity contribution is 6.21. The fourth-order valence-electron chi connectivity index (χ4n) is 2.91. The number of amides is 3. The Hall–Kier alpha value is -3.67. The van der Waals surface area contributed by atoms with Crippen LogP contribution in [0.5, 0.6) is 5.75 Å². The highest BCUT2D eigenvalue weighted by atomic mass is 16.5. The lowest BCUT2D eigenvalue weighted by Crippen LogP contribution is -2.47. The zero-order valence-electron chi connectivity index (χ0n) is 13.6. The van der Waals surface area contributed by atoms with Gasteiger partial charge in [-0.05, 0) is 23.6 Å². The van der Waals surface area contributed by atoms with Crippen LogP contribution in [-0.4, -0.2) is 29.3 Å². The van der Waals surface area contributed by atoms with Gasteiger partial charge in [0.05, 0.1) is 11.1 Å². The van der Waals surface area contributed by atoms with Crippen LogP contribution >= 0.6 is 0 Å². The molecule has 0 aliphatic carbocycles. The van der Waals surface area contributed by atoms with E-state index >= 15 is 0 Å². The van der Waals surface area contributed by atoms with E-state index in [1.807, 2.05) is 36.4 Å². The summed E-state index contributed by atoms with van der Waals surface area (Å²) in [6.07, 6.45) is 0. The molecule has 1 N–H and O–H groups in total. The molecule has 6 nitrogen and oxygen atoms in total. The Bertz CT molecular complexity index is 1000. The molecule has 6 heteroatoms. The number of carbonyl (C=O) groups is 3. The standard InChI is InChI=1S/C20H14N2O4/c23-18(12-26-17-11-5-7-13-6-1-2-8-14(13)17)21-22-19(24)15-9-3-4-10-16(15)20(22)25/h1-11H,12H2,(H,21,23). The molecule has 0 spiro atoms. The number of carbonyl (C=O) groups excluding carboxylic acids is 3. The van der Waals surface area contributed by atoms with Crippen molar-refractivity contribution in [1.29, 1.82) is 0 Å². The van der Waals surface area contributed by atoms with Gasteiger partial charge in [-0.3, -0.25) is 19.8 Å². The Kier molecular flexibility index (Phi) is 3.85. The summed E-state index contributed by atoms with van der Waals surface area (Å²) in [5.41, 5.74) is 2.86. The second-order valence-electron chi connectivity index (χ2n) is 5.79. The van der Waals surface area contributed by atoms with E-state index in [0.29, 0.717) is 5.75 Å². The summed E-state index contributed by atoms with van der Waals surface area (Å²) >= 11 is 0. The van der Waals surface area contributed by atoms with Gasteiger partial charge in [-0.15, -0.1) is 0 Å². The molecule has 1 aliphatic rings. The first-order valence-electron chi connectivity index (χ1n) is 8.03. The summed E-state index contributed by atoms with van der Waals surface area (Å²) in [5.74, 6) is -1.14. The van der Waals surface area contributed by atoms with Crippen molar-refractivity contribution in [1.82, 2.24) is 10.4 Å². The number of nitrogens with one attached hydrogen (secondary N) is 1. The molecule has 0 fully saturated rings. The Labute approximate surface area is 149 Å². The smallest absolute Gasteiger partial charge is 0.280 e. The van der Waals surface area contributed by atoms with Gasteiger partial charge in [-0.2, -0.15) is 5.01 Å². The number of hydrogen-bond donors (Lipinski definition) is 1. The predicted molar refractivity (Wildman–Crippen MR) is 94.5 cm³/mol. The van der Waals surface area contributed by atoms with Crippen LogP contribution in [0, 0.1) is 0 Å². The Morgan fingerprint density at radius 2 is 1.46 bits per heavy atom. The number of hydrazine groups is 1. The summed E-state index contributed by atoms with van der Waals surface area (Å²) in [6.45, 7) is -0.318. The predicted octanol–water partition coefficient (Wildman–Crippen LogP) is 2.55. The minimum atomic E-state index is -0.590. The number of nitrogens with zero attached hydrogens (tertiary/aromatic N) is 1. The highest BCUT2D eigenvalue weighted by Crippen LogP contribution is 2.25. The minimum absolute atomic E-state index is 0.271. The summed E-state index contributed by atoms with van der Waals surface area (Å²) in [5, 5.41) is 2.59. The minimum Gasteiger partial charge on any atom is -0.483 e. The summed E-state index contributed by atoms with van der Waals surface area (Å²) < 4.78 is 5.58. The van der Waals surface area contributed by atoms with Crippen LogP contribution in [0.3, 0.4) is 0 Å². The zero-order valence-corrected chi connectivity index (χ0v) is 13.6. The van der Waals surface area contributed by atoms with E-state index in [0.717, 1.165) is 15.8 Å². The highest BCUT2D eigenvalue weighted by Gasteiger charge is 2.36. The van der Waals surface area contributed by atoms with Crippen molar-refractivity contribution in [3.05, 3.63) is 77.9 Å². The third kappa shape index (κ3) is 2.67. The zero-order chi connectivity index (χ0) is 18.1. The van der Waals surface area contributed by atoms with Crippen LogP contribution < -0.4 is 10.2 Å². The summed E-state index contributed by atoms with van der Waals surface area (Å²) in [4.78, 5) is 36.7. The van der Waals surface area contributed by atoms with Gasteiger partial charge < -0.3 is 4.74 Å². The second kappa shape index (κ2) is 6.33. The van der Waals surface area contributed by atoms with Crippen LogP contribution in [0.2, 0.25) is 0 Å². The second-order valence-corrected chi connectivity index (χ2v) is 5.79. The molecule has 0 atom stereocenters. The Balaban J connectivity index is 1.45. The van der Waals surface area contributed by atoms with Gasteiger partial charge >= 0.3 is 0 Å². The largest absolute Gasteiger partial charge is 0.483 e. The van der Waals surface area contributed by atoms with Crippen LogP contribution in [-0.2, 0) is 4.79 Å². The first-order valence-corrected chi connectivity index (χ1v) is 8.03. The van der Waals surface area contributed by atoms with E-state index < -0.39 is 17.7 Å². The van der Waals surface area contributed by atoms with Gasteiger partial charge in [-0.25, -0.2) is 0 Å². The molecule has 0 bridgehead atoms. The van der Waals surface area contributed by atoms with Crippen LogP contribution in [0.15, 0.2) is 66.7 Å². The first-order chi connectivity index (χ1) is 12.6. The van der Waals surface area contributed by atoms with Gasteiger partial charge in [0.25, 0.3) is 17.7 Å². The first kappa shape index (κ1) is 15.8. The number of benzene rings is 3. The molecular formula is C20H14N2O4. The van der Waals surface area contributed by atoms with Crippen molar-refractivity contribution in [2.45, 2.75) is 0 Å².